The number of nitrogens with two attached hydrogens (primary N) is 1. The molecule has 1 aliphatic heterocycles. The molecular formula is C15H25N3O2S. The first-order valence-electron chi connectivity index (χ1n) is 7.36. The summed E-state index contributed by atoms with van der Waals surface area (Å²) in [7, 11) is -3.05. The number of aryl methyl sites for hydroxylation is 1. The van der Waals surface area contributed by atoms with Crippen molar-refractivity contribution in [3.05, 3.63) is 35.4 Å². The lowest BCUT2D eigenvalue weighted by molar-refractivity contribution is 0.184. The fourth-order valence-corrected chi connectivity index (χ4v) is 3.41. The zero-order chi connectivity index (χ0) is 15.5. The summed E-state index contributed by atoms with van der Waals surface area (Å²) in [6, 6.07) is 8.38. The van der Waals surface area contributed by atoms with Crippen LogP contribution >= 0.6 is 0 Å². The number of hydrogen-bond donors (Lipinski definition) is 1. The molecule has 1 heterocycles. The molecule has 0 spiro atoms. The molecular weight excluding hydrogens is 286 g/mol. The van der Waals surface area contributed by atoms with Crippen molar-refractivity contribution in [2.45, 2.75) is 19.4 Å². The van der Waals surface area contributed by atoms with Crippen molar-refractivity contribution in [3.8, 4) is 0 Å². The number of piperazine rings is 1. The zero-order valence-electron chi connectivity index (χ0n) is 12.8. The standard InChI is InChI=1S/C15H25N3O2S/c1-13-3-5-14(6-4-13)15(16)7-8-17-9-11-18(12-10-17)21(2,19)20/h3-6,15H,7-12,16H2,1-2H3. The van der Waals surface area contributed by atoms with E-state index in [-0.39, 0.29) is 6.04 Å². The summed E-state index contributed by atoms with van der Waals surface area (Å²) >= 11 is 0. The third-order valence-electron chi connectivity index (χ3n) is 4.06. The first-order valence-corrected chi connectivity index (χ1v) is 9.21. The van der Waals surface area contributed by atoms with Gasteiger partial charge in [0.25, 0.3) is 0 Å². The van der Waals surface area contributed by atoms with Gasteiger partial charge in [-0.2, -0.15) is 4.31 Å². The van der Waals surface area contributed by atoms with Gasteiger partial charge < -0.3 is 10.6 Å². The predicted molar refractivity (Wildman–Crippen MR) is 85.6 cm³/mol. The van der Waals surface area contributed by atoms with Crippen LogP contribution in [-0.4, -0.2) is 56.6 Å². The summed E-state index contributed by atoms with van der Waals surface area (Å²) in [4.78, 5) is 2.29. The highest BCUT2D eigenvalue weighted by Gasteiger charge is 2.23. The molecule has 1 unspecified atom stereocenters. The molecule has 1 aromatic carbocycles. The molecule has 0 bridgehead atoms. The van der Waals surface area contributed by atoms with Crippen molar-refractivity contribution < 1.29 is 8.42 Å². The van der Waals surface area contributed by atoms with E-state index in [1.165, 1.54) is 11.8 Å². The maximum absolute atomic E-state index is 11.5. The van der Waals surface area contributed by atoms with Gasteiger partial charge in [0, 0.05) is 38.8 Å². The van der Waals surface area contributed by atoms with Crippen molar-refractivity contribution in [2.24, 2.45) is 5.73 Å². The molecule has 0 amide bonds. The van der Waals surface area contributed by atoms with Crippen LogP contribution in [0.2, 0.25) is 0 Å². The highest BCUT2D eigenvalue weighted by molar-refractivity contribution is 7.88. The number of nitrogens with zero attached hydrogens (tertiary/aromatic N) is 2. The molecule has 21 heavy (non-hydrogen) atoms. The first-order chi connectivity index (χ1) is 9.86. The van der Waals surface area contributed by atoms with Gasteiger partial charge in [-0.1, -0.05) is 29.8 Å². The molecule has 1 aromatic rings. The Morgan fingerprint density at radius 1 is 1.14 bits per heavy atom. The fourth-order valence-electron chi connectivity index (χ4n) is 2.59. The van der Waals surface area contributed by atoms with Crippen molar-refractivity contribution in [3.63, 3.8) is 0 Å². The highest BCUT2D eigenvalue weighted by Crippen LogP contribution is 2.16. The van der Waals surface area contributed by atoms with E-state index in [1.54, 1.807) is 4.31 Å². The first kappa shape index (κ1) is 16.4. The molecule has 0 aliphatic carbocycles. The minimum atomic E-state index is -3.05. The molecule has 0 aromatic heterocycles. The van der Waals surface area contributed by atoms with Gasteiger partial charge in [0.05, 0.1) is 6.26 Å². The number of rotatable bonds is 5. The van der Waals surface area contributed by atoms with Crippen LogP contribution in [0.1, 0.15) is 23.6 Å². The molecule has 6 heteroatoms. The summed E-state index contributed by atoms with van der Waals surface area (Å²) in [6.45, 7) is 5.71. The van der Waals surface area contributed by atoms with E-state index in [0.29, 0.717) is 13.1 Å². The maximum Gasteiger partial charge on any atom is 0.211 e. The summed E-state index contributed by atoms with van der Waals surface area (Å²) in [5, 5.41) is 0. The van der Waals surface area contributed by atoms with Gasteiger partial charge in [0.2, 0.25) is 10.0 Å². The van der Waals surface area contributed by atoms with Crippen LogP contribution in [0.4, 0.5) is 0 Å². The topological polar surface area (TPSA) is 66.6 Å². The predicted octanol–water partition coefficient (Wildman–Crippen LogP) is 0.962. The quantitative estimate of drug-likeness (QED) is 0.879. The average molecular weight is 311 g/mol. The van der Waals surface area contributed by atoms with Gasteiger partial charge >= 0.3 is 0 Å². The van der Waals surface area contributed by atoms with Gasteiger partial charge in [-0.15, -0.1) is 0 Å². The summed E-state index contributed by atoms with van der Waals surface area (Å²) in [5.74, 6) is 0. The van der Waals surface area contributed by atoms with Crippen LogP contribution in [0.25, 0.3) is 0 Å². The molecule has 1 saturated heterocycles. The highest BCUT2D eigenvalue weighted by atomic mass is 32.2. The summed E-state index contributed by atoms with van der Waals surface area (Å²) < 4.78 is 24.5. The van der Waals surface area contributed by atoms with E-state index < -0.39 is 10.0 Å². The van der Waals surface area contributed by atoms with E-state index in [4.69, 9.17) is 5.73 Å². The third kappa shape index (κ3) is 4.78. The molecule has 0 saturated carbocycles. The van der Waals surface area contributed by atoms with Gasteiger partial charge in [-0.05, 0) is 18.9 Å². The molecule has 2 N–H and O–H groups in total. The Balaban J connectivity index is 1.78. The molecule has 5 nitrogen and oxygen atoms in total. The summed E-state index contributed by atoms with van der Waals surface area (Å²) in [6.07, 6.45) is 2.16. The van der Waals surface area contributed by atoms with Gasteiger partial charge in [0.1, 0.15) is 0 Å². The Morgan fingerprint density at radius 3 is 2.24 bits per heavy atom. The second kappa shape index (κ2) is 6.87. The van der Waals surface area contributed by atoms with Gasteiger partial charge in [-0.3, -0.25) is 0 Å². The summed E-state index contributed by atoms with van der Waals surface area (Å²) in [5.41, 5.74) is 8.63. The van der Waals surface area contributed by atoms with Crippen LogP contribution in [0.3, 0.4) is 0 Å². The molecule has 118 valence electrons. The second-order valence-electron chi connectivity index (χ2n) is 5.81. The average Bonchev–Trinajstić information content (AvgIpc) is 2.45. The van der Waals surface area contributed by atoms with Crippen LogP contribution in [0, 0.1) is 6.92 Å². The zero-order valence-corrected chi connectivity index (χ0v) is 13.6. The molecule has 1 atom stereocenters. The lowest BCUT2D eigenvalue weighted by Gasteiger charge is -2.33. The van der Waals surface area contributed by atoms with Crippen molar-refractivity contribution >= 4 is 10.0 Å². The fraction of sp³-hybridized carbons (Fsp3) is 0.600. The molecule has 0 radical (unpaired) electrons. The molecule has 1 aliphatic rings. The van der Waals surface area contributed by atoms with E-state index in [0.717, 1.165) is 31.6 Å². The van der Waals surface area contributed by atoms with E-state index in [1.807, 2.05) is 0 Å². The van der Waals surface area contributed by atoms with Gasteiger partial charge in [-0.25, -0.2) is 8.42 Å². The largest absolute Gasteiger partial charge is 0.324 e. The Bertz CT molecular complexity index is 549. The van der Waals surface area contributed by atoms with Crippen LogP contribution in [0.5, 0.6) is 0 Å². The maximum atomic E-state index is 11.5. The minimum absolute atomic E-state index is 0.0403. The van der Waals surface area contributed by atoms with E-state index >= 15 is 0 Å². The number of hydrogen-bond acceptors (Lipinski definition) is 4. The Kier molecular flexibility index (Phi) is 5.37. The Morgan fingerprint density at radius 2 is 1.71 bits per heavy atom. The SMILES string of the molecule is Cc1ccc(C(N)CCN2CCN(S(C)(=O)=O)CC2)cc1. The monoisotopic (exact) mass is 311 g/mol. The van der Waals surface area contributed by atoms with E-state index in [2.05, 4.69) is 36.1 Å². The second-order valence-corrected chi connectivity index (χ2v) is 7.79. The van der Waals surface area contributed by atoms with Crippen molar-refractivity contribution in [1.29, 1.82) is 0 Å². The molecule has 1 fully saturated rings. The Hall–Kier alpha value is -0.950. The van der Waals surface area contributed by atoms with Gasteiger partial charge in [0.15, 0.2) is 0 Å². The van der Waals surface area contributed by atoms with Crippen LogP contribution < -0.4 is 5.73 Å². The van der Waals surface area contributed by atoms with Crippen LogP contribution in [-0.2, 0) is 10.0 Å². The third-order valence-corrected chi connectivity index (χ3v) is 5.37. The molecule has 2 rings (SSSR count). The lowest BCUT2D eigenvalue weighted by Crippen LogP contribution is -2.48. The number of benzene rings is 1. The van der Waals surface area contributed by atoms with Crippen molar-refractivity contribution in [1.82, 2.24) is 9.21 Å². The number of sulfonamides is 1. The lowest BCUT2D eigenvalue weighted by atomic mass is 10.0. The van der Waals surface area contributed by atoms with Crippen LogP contribution in [0.15, 0.2) is 24.3 Å². The Labute approximate surface area is 127 Å². The smallest absolute Gasteiger partial charge is 0.211 e. The van der Waals surface area contributed by atoms with Crippen molar-refractivity contribution in [2.75, 3.05) is 39.0 Å². The van der Waals surface area contributed by atoms with E-state index in [9.17, 15) is 8.42 Å². The normalized spacial score (nSPS) is 19.6. The minimum Gasteiger partial charge on any atom is -0.324 e.